The Hall–Kier alpha value is -0.470. The smallest absolute Gasteiger partial charge is 0.247 e. The molecule has 18 heavy (non-hydrogen) atoms. The minimum absolute atomic E-state index is 0.216. The molecular formula is C11H12ClIN2O2S. The molecule has 1 atom stereocenters. The van der Waals surface area contributed by atoms with E-state index in [0.29, 0.717) is 10.7 Å². The molecule has 4 nitrogen and oxygen atoms in total. The molecule has 1 unspecified atom stereocenters. The molecule has 0 aliphatic carbocycles. The van der Waals surface area contributed by atoms with Gasteiger partial charge in [0.1, 0.15) is 6.04 Å². The lowest BCUT2D eigenvalue weighted by molar-refractivity contribution is -0.124. The predicted molar refractivity (Wildman–Crippen MR) is 84.3 cm³/mol. The number of benzene rings is 1. The van der Waals surface area contributed by atoms with Gasteiger partial charge < -0.3 is 10.6 Å². The summed E-state index contributed by atoms with van der Waals surface area (Å²) in [7, 11) is 0. The largest absolute Gasteiger partial charge is 0.344 e. The third-order valence-corrected chi connectivity index (χ3v) is 3.41. The van der Waals surface area contributed by atoms with E-state index in [0.717, 1.165) is 3.57 Å². The fourth-order valence-corrected chi connectivity index (χ4v) is 2.41. The van der Waals surface area contributed by atoms with E-state index in [9.17, 15) is 9.59 Å². The standard InChI is InChI=1S/C11H12ClIN2O2S/c1-6(16)14-10(5-18)11(17)15-9-3-2-7(13)4-8(9)12/h2-4,10,18H,5H2,1H3,(H,14,16)(H,15,17). The molecule has 0 spiro atoms. The Bertz CT molecular complexity index is 470. The summed E-state index contributed by atoms with van der Waals surface area (Å²) < 4.78 is 0.975. The number of carbonyl (C=O) groups excluding carboxylic acids is 2. The van der Waals surface area contributed by atoms with Crippen LogP contribution in [-0.2, 0) is 9.59 Å². The first kappa shape index (κ1) is 15.6. The van der Waals surface area contributed by atoms with E-state index in [-0.39, 0.29) is 17.6 Å². The van der Waals surface area contributed by atoms with Gasteiger partial charge in [-0.2, -0.15) is 12.6 Å². The third kappa shape index (κ3) is 4.66. The maximum absolute atomic E-state index is 11.9. The molecule has 0 saturated heterocycles. The summed E-state index contributed by atoms with van der Waals surface area (Å²) in [6.45, 7) is 1.35. The first-order valence-corrected chi connectivity index (χ1v) is 7.17. The highest BCUT2D eigenvalue weighted by Gasteiger charge is 2.18. The number of nitrogens with one attached hydrogen (secondary N) is 2. The number of carbonyl (C=O) groups is 2. The molecule has 2 N–H and O–H groups in total. The van der Waals surface area contributed by atoms with Crippen molar-refractivity contribution in [2.45, 2.75) is 13.0 Å². The fraction of sp³-hybridized carbons (Fsp3) is 0.273. The lowest BCUT2D eigenvalue weighted by Crippen LogP contribution is -2.44. The van der Waals surface area contributed by atoms with Crippen LogP contribution in [0.25, 0.3) is 0 Å². The average molecular weight is 399 g/mol. The second kappa shape index (κ2) is 7.20. The topological polar surface area (TPSA) is 58.2 Å². The quantitative estimate of drug-likeness (QED) is 0.538. The zero-order valence-corrected chi connectivity index (χ0v) is 13.3. The Morgan fingerprint density at radius 3 is 2.67 bits per heavy atom. The van der Waals surface area contributed by atoms with Gasteiger partial charge in [0.2, 0.25) is 11.8 Å². The van der Waals surface area contributed by atoms with Crippen molar-refractivity contribution < 1.29 is 9.59 Å². The van der Waals surface area contributed by atoms with Crippen LogP contribution in [0, 0.1) is 3.57 Å². The number of thiol groups is 1. The van der Waals surface area contributed by atoms with Crippen molar-refractivity contribution in [1.82, 2.24) is 5.32 Å². The molecule has 1 aromatic rings. The molecule has 0 heterocycles. The number of hydrogen-bond donors (Lipinski definition) is 3. The summed E-state index contributed by atoms with van der Waals surface area (Å²) in [6.07, 6.45) is 0. The van der Waals surface area contributed by atoms with Crippen LogP contribution in [0.15, 0.2) is 18.2 Å². The van der Waals surface area contributed by atoms with Gasteiger partial charge >= 0.3 is 0 Å². The first-order chi connectivity index (χ1) is 8.43. The number of hydrogen-bond acceptors (Lipinski definition) is 3. The summed E-state index contributed by atoms with van der Waals surface area (Å²) in [4.78, 5) is 22.8. The van der Waals surface area contributed by atoms with Crippen molar-refractivity contribution in [3.63, 3.8) is 0 Å². The number of amides is 2. The van der Waals surface area contributed by atoms with Crippen LogP contribution < -0.4 is 10.6 Å². The Balaban J connectivity index is 2.76. The maximum atomic E-state index is 11.9. The van der Waals surface area contributed by atoms with Gasteiger partial charge in [0.05, 0.1) is 10.7 Å². The fourth-order valence-electron chi connectivity index (χ4n) is 1.25. The number of rotatable bonds is 4. The van der Waals surface area contributed by atoms with Gasteiger partial charge in [0.15, 0.2) is 0 Å². The normalized spacial score (nSPS) is 11.8. The average Bonchev–Trinajstić information content (AvgIpc) is 2.29. The molecule has 1 rings (SSSR count). The molecule has 0 radical (unpaired) electrons. The SMILES string of the molecule is CC(=O)NC(CS)C(=O)Nc1ccc(I)cc1Cl. The third-order valence-electron chi connectivity index (χ3n) is 2.07. The minimum Gasteiger partial charge on any atom is -0.344 e. The van der Waals surface area contributed by atoms with Crippen LogP contribution in [0.2, 0.25) is 5.02 Å². The van der Waals surface area contributed by atoms with Crippen molar-refractivity contribution in [2.24, 2.45) is 0 Å². The number of halogens is 2. The van der Waals surface area contributed by atoms with Gasteiger partial charge in [0, 0.05) is 16.2 Å². The van der Waals surface area contributed by atoms with Gasteiger partial charge in [-0.1, -0.05) is 11.6 Å². The lowest BCUT2D eigenvalue weighted by Gasteiger charge is -2.16. The van der Waals surface area contributed by atoms with Crippen molar-refractivity contribution in [3.05, 3.63) is 26.8 Å². The van der Waals surface area contributed by atoms with Gasteiger partial charge in [-0.15, -0.1) is 0 Å². The Morgan fingerprint density at radius 1 is 1.50 bits per heavy atom. The summed E-state index contributed by atoms with van der Waals surface area (Å²) >= 11 is 12.2. The Labute approximate surface area is 129 Å². The highest BCUT2D eigenvalue weighted by molar-refractivity contribution is 14.1. The van der Waals surface area contributed by atoms with Crippen molar-refractivity contribution in [2.75, 3.05) is 11.1 Å². The van der Waals surface area contributed by atoms with Crippen molar-refractivity contribution in [3.8, 4) is 0 Å². The summed E-state index contributed by atoms with van der Waals surface area (Å²) in [6, 6.07) is 4.61. The summed E-state index contributed by atoms with van der Waals surface area (Å²) in [5.41, 5.74) is 0.513. The molecule has 2 amide bonds. The molecular weight excluding hydrogens is 387 g/mol. The Kier molecular flexibility index (Phi) is 6.24. The molecule has 0 saturated carbocycles. The molecule has 0 bridgehead atoms. The van der Waals surface area contributed by atoms with Gasteiger partial charge in [-0.3, -0.25) is 9.59 Å². The van der Waals surface area contributed by atoms with E-state index in [1.54, 1.807) is 12.1 Å². The molecule has 1 aromatic carbocycles. The zero-order chi connectivity index (χ0) is 13.7. The van der Waals surface area contributed by atoms with Crippen molar-refractivity contribution >= 4 is 64.3 Å². The van der Waals surface area contributed by atoms with E-state index in [1.165, 1.54) is 6.92 Å². The molecule has 7 heteroatoms. The minimum atomic E-state index is -0.679. The molecule has 0 aromatic heterocycles. The molecule has 0 fully saturated rings. The van der Waals surface area contributed by atoms with Gasteiger partial charge in [-0.05, 0) is 40.8 Å². The van der Waals surface area contributed by atoms with Crippen LogP contribution in [0.4, 0.5) is 5.69 Å². The van der Waals surface area contributed by atoms with Gasteiger partial charge in [-0.25, -0.2) is 0 Å². The van der Waals surface area contributed by atoms with E-state index < -0.39 is 6.04 Å². The molecule has 0 aliphatic heterocycles. The van der Waals surface area contributed by atoms with Crippen LogP contribution in [0.5, 0.6) is 0 Å². The lowest BCUT2D eigenvalue weighted by atomic mass is 10.2. The second-order valence-corrected chi connectivity index (χ2v) is 5.57. The van der Waals surface area contributed by atoms with E-state index in [2.05, 4.69) is 45.9 Å². The highest BCUT2D eigenvalue weighted by atomic mass is 127. The van der Waals surface area contributed by atoms with Gasteiger partial charge in [0.25, 0.3) is 0 Å². The number of anilines is 1. The van der Waals surface area contributed by atoms with E-state index in [1.807, 2.05) is 6.07 Å². The molecule has 0 aliphatic rings. The van der Waals surface area contributed by atoms with Crippen LogP contribution >= 0.6 is 46.8 Å². The maximum Gasteiger partial charge on any atom is 0.247 e. The van der Waals surface area contributed by atoms with Crippen LogP contribution in [0.1, 0.15) is 6.92 Å². The zero-order valence-electron chi connectivity index (χ0n) is 9.54. The predicted octanol–water partition coefficient (Wildman–Crippen LogP) is 2.32. The van der Waals surface area contributed by atoms with E-state index in [4.69, 9.17) is 11.6 Å². The monoisotopic (exact) mass is 398 g/mol. The van der Waals surface area contributed by atoms with Crippen molar-refractivity contribution in [1.29, 1.82) is 0 Å². The van der Waals surface area contributed by atoms with Crippen LogP contribution in [-0.4, -0.2) is 23.6 Å². The summed E-state index contributed by atoms with van der Waals surface area (Å²) in [5.74, 6) is -0.408. The Morgan fingerprint density at radius 2 is 2.17 bits per heavy atom. The highest BCUT2D eigenvalue weighted by Crippen LogP contribution is 2.23. The molecule has 98 valence electrons. The second-order valence-electron chi connectivity index (χ2n) is 3.55. The van der Waals surface area contributed by atoms with E-state index >= 15 is 0 Å². The first-order valence-electron chi connectivity index (χ1n) is 5.08. The summed E-state index contributed by atoms with van der Waals surface area (Å²) in [5, 5.41) is 5.62. The van der Waals surface area contributed by atoms with Crippen LogP contribution in [0.3, 0.4) is 0 Å².